The third kappa shape index (κ3) is 2.85. The zero-order chi connectivity index (χ0) is 15.6. The van der Waals surface area contributed by atoms with Gasteiger partial charge in [-0.1, -0.05) is 12.1 Å². The Balaban J connectivity index is 1.66. The van der Waals surface area contributed by atoms with Crippen LogP contribution in [0.5, 0.6) is 0 Å². The highest BCUT2D eigenvalue weighted by molar-refractivity contribution is 5.65. The first-order valence-electron chi connectivity index (χ1n) is 7.84. The number of hydrogen-bond acceptors (Lipinski definition) is 5. The average Bonchev–Trinajstić information content (AvgIpc) is 3.00. The van der Waals surface area contributed by atoms with Crippen LogP contribution in [0.25, 0.3) is 16.9 Å². The average molecular weight is 309 g/mol. The molecule has 3 heterocycles. The van der Waals surface area contributed by atoms with Gasteiger partial charge in [0, 0.05) is 30.5 Å². The predicted molar refractivity (Wildman–Crippen MR) is 90.3 cm³/mol. The number of rotatable bonds is 3. The lowest BCUT2D eigenvalue weighted by Gasteiger charge is -2.23. The fourth-order valence-electron chi connectivity index (χ4n) is 2.85. The highest BCUT2D eigenvalue weighted by Crippen LogP contribution is 2.22. The summed E-state index contributed by atoms with van der Waals surface area (Å²) < 4.78 is 7.26. The van der Waals surface area contributed by atoms with E-state index in [1.165, 1.54) is 0 Å². The van der Waals surface area contributed by atoms with Crippen molar-refractivity contribution in [3.8, 4) is 11.3 Å². The fraction of sp³-hybridized carbons (Fsp3) is 0.294. The van der Waals surface area contributed by atoms with Crippen LogP contribution >= 0.6 is 0 Å². The lowest BCUT2D eigenvalue weighted by Crippen LogP contribution is -2.28. The van der Waals surface area contributed by atoms with E-state index < -0.39 is 0 Å². The van der Waals surface area contributed by atoms with Gasteiger partial charge >= 0.3 is 0 Å². The summed E-state index contributed by atoms with van der Waals surface area (Å²) in [6.45, 7) is 1.61. The van der Waals surface area contributed by atoms with Crippen molar-refractivity contribution in [1.29, 1.82) is 0 Å². The van der Waals surface area contributed by atoms with E-state index in [1.54, 1.807) is 0 Å². The normalized spacial score (nSPS) is 15.8. The maximum Gasteiger partial charge on any atom is 0.154 e. The largest absolute Gasteiger partial charge is 0.399 e. The third-order valence-corrected chi connectivity index (χ3v) is 4.14. The maximum absolute atomic E-state index is 5.76. The monoisotopic (exact) mass is 309 g/mol. The van der Waals surface area contributed by atoms with Crippen molar-refractivity contribution < 1.29 is 4.74 Å². The summed E-state index contributed by atoms with van der Waals surface area (Å²) in [6, 6.07) is 12.1. The van der Waals surface area contributed by atoms with Crippen molar-refractivity contribution in [2.75, 3.05) is 24.3 Å². The molecule has 4 rings (SSSR count). The van der Waals surface area contributed by atoms with E-state index in [9.17, 15) is 0 Å². The summed E-state index contributed by atoms with van der Waals surface area (Å²) in [5.41, 5.74) is 9.34. The molecule has 0 unspecified atom stereocenters. The lowest BCUT2D eigenvalue weighted by atomic mass is 10.1. The summed E-state index contributed by atoms with van der Waals surface area (Å²) in [5, 5.41) is 8.19. The Morgan fingerprint density at radius 2 is 1.87 bits per heavy atom. The highest BCUT2D eigenvalue weighted by Gasteiger charge is 2.15. The Bertz CT molecular complexity index is 805. The molecule has 1 aromatic carbocycles. The van der Waals surface area contributed by atoms with Gasteiger partial charge in [-0.3, -0.25) is 0 Å². The molecule has 1 saturated heterocycles. The number of nitrogen functional groups attached to an aromatic ring is 1. The smallest absolute Gasteiger partial charge is 0.154 e. The molecule has 0 saturated carbocycles. The number of anilines is 2. The molecular formula is C17H19N5O. The van der Waals surface area contributed by atoms with Crippen LogP contribution in [0.3, 0.4) is 0 Å². The van der Waals surface area contributed by atoms with E-state index in [4.69, 9.17) is 15.6 Å². The Hall–Kier alpha value is -2.60. The van der Waals surface area contributed by atoms with E-state index in [0.717, 1.165) is 54.5 Å². The Morgan fingerprint density at radius 1 is 1.09 bits per heavy atom. The molecular weight excluding hydrogens is 290 g/mol. The van der Waals surface area contributed by atoms with Gasteiger partial charge in [-0.2, -0.15) is 0 Å². The van der Waals surface area contributed by atoms with E-state index in [0.29, 0.717) is 6.04 Å². The van der Waals surface area contributed by atoms with Gasteiger partial charge in [0.05, 0.1) is 11.9 Å². The number of nitrogens with one attached hydrogen (secondary N) is 1. The van der Waals surface area contributed by atoms with E-state index in [1.807, 2.05) is 47.1 Å². The van der Waals surface area contributed by atoms with Crippen LogP contribution in [0.15, 0.2) is 42.6 Å². The van der Waals surface area contributed by atoms with Gasteiger partial charge in [-0.25, -0.2) is 9.50 Å². The second-order valence-electron chi connectivity index (χ2n) is 5.79. The number of hydrogen-bond donors (Lipinski definition) is 2. The topological polar surface area (TPSA) is 77.5 Å². The maximum atomic E-state index is 5.76. The van der Waals surface area contributed by atoms with Crippen molar-refractivity contribution in [1.82, 2.24) is 14.6 Å². The SMILES string of the molecule is Nc1ccc(-c2cnc3ccc(NC4CCOCC4)nn23)cc1. The molecule has 3 N–H and O–H groups in total. The van der Waals surface area contributed by atoms with Crippen LogP contribution in [0.2, 0.25) is 0 Å². The molecule has 2 aromatic heterocycles. The van der Waals surface area contributed by atoms with Gasteiger partial charge in [0.15, 0.2) is 5.65 Å². The Kier molecular flexibility index (Phi) is 3.59. The van der Waals surface area contributed by atoms with Gasteiger partial charge in [0.2, 0.25) is 0 Å². The fourth-order valence-corrected chi connectivity index (χ4v) is 2.85. The van der Waals surface area contributed by atoms with Crippen molar-refractivity contribution in [3.05, 3.63) is 42.6 Å². The molecule has 0 aliphatic carbocycles. The first-order valence-corrected chi connectivity index (χ1v) is 7.84. The van der Waals surface area contributed by atoms with Crippen LogP contribution in [0.1, 0.15) is 12.8 Å². The molecule has 1 aliphatic heterocycles. The summed E-state index contributed by atoms with van der Waals surface area (Å²) in [4.78, 5) is 4.43. The van der Waals surface area contributed by atoms with Crippen molar-refractivity contribution in [3.63, 3.8) is 0 Å². The summed E-state index contributed by atoms with van der Waals surface area (Å²) in [6.07, 6.45) is 3.86. The van der Waals surface area contributed by atoms with E-state index >= 15 is 0 Å². The summed E-state index contributed by atoms with van der Waals surface area (Å²) in [5.74, 6) is 0.860. The van der Waals surface area contributed by atoms with Crippen LogP contribution in [0, 0.1) is 0 Å². The first-order chi connectivity index (χ1) is 11.3. The molecule has 118 valence electrons. The minimum Gasteiger partial charge on any atom is -0.399 e. The second kappa shape index (κ2) is 5.89. The molecule has 0 atom stereocenters. The Morgan fingerprint density at radius 3 is 2.65 bits per heavy atom. The van der Waals surface area contributed by atoms with Crippen molar-refractivity contribution in [2.24, 2.45) is 0 Å². The Labute approximate surface area is 134 Å². The first kappa shape index (κ1) is 14.0. The van der Waals surface area contributed by atoms with Gasteiger partial charge in [-0.15, -0.1) is 5.10 Å². The van der Waals surface area contributed by atoms with Crippen LogP contribution in [0.4, 0.5) is 11.5 Å². The highest BCUT2D eigenvalue weighted by atomic mass is 16.5. The van der Waals surface area contributed by atoms with Crippen LogP contribution < -0.4 is 11.1 Å². The second-order valence-corrected chi connectivity index (χ2v) is 5.79. The number of benzene rings is 1. The predicted octanol–water partition coefficient (Wildman–Crippen LogP) is 2.57. The number of ether oxygens (including phenoxy) is 1. The van der Waals surface area contributed by atoms with Gasteiger partial charge in [0.25, 0.3) is 0 Å². The quantitative estimate of drug-likeness (QED) is 0.727. The van der Waals surface area contributed by atoms with Gasteiger partial charge in [-0.05, 0) is 37.1 Å². The minimum atomic E-state index is 0.414. The standard InChI is InChI=1S/C17H19N5O/c18-13-3-1-12(2-4-13)15-11-19-17-6-5-16(21-22(15)17)20-14-7-9-23-10-8-14/h1-6,11,14H,7-10,18H2,(H,20,21). The molecule has 23 heavy (non-hydrogen) atoms. The molecule has 0 spiro atoms. The number of nitrogens with two attached hydrogens (primary N) is 1. The third-order valence-electron chi connectivity index (χ3n) is 4.14. The number of fused-ring (bicyclic) bond motifs is 1. The van der Waals surface area contributed by atoms with E-state index in [2.05, 4.69) is 10.3 Å². The molecule has 1 fully saturated rings. The molecule has 0 radical (unpaired) electrons. The number of nitrogens with zero attached hydrogens (tertiary/aromatic N) is 3. The number of aromatic nitrogens is 3. The molecule has 0 bridgehead atoms. The van der Waals surface area contributed by atoms with Gasteiger partial charge < -0.3 is 15.8 Å². The van der Waals surface area contributed by atoms with Crippen LogP contribution in [-0.4, -0.2) is 33.9 Å². The van der Waals surface area contributed by atoms with E-state index in [-0.39, 0.29) is 0 Å². The van der Waals surface area contributed by atoms with Crippen molar-refractivity contribution in [2.45, 2.75) is 18.9 Å². The summed E-state index contributed by atoms with van der Waals surface area (Å²) >= 11 is 0. The number of imidazole rings is 1. The minimum absolute atomic E-state index is 0.414. The lowest BCUT2D eigenvalue weighted by molar-refractivity contribution is 0.0903. The molecule has 1 aliphatic rings. The van der Waals surface area contributed by atoms with Crippen molar-refractivity contribution >= 4 is 17.2 Å². The summed E-state index contributed by atoms with van der Waals surface area (Å²) in [7, 11) is 0. The molecule has 3 aromatic rings. The molecule has 6 nitrogen and oxygen atoms in total. The zero-order valence-electron chi connectivity index (χ0n) is 12.8. The van der Waals surface area contributed by atoms with Crippen LogP contribution in [-0.2, 0) is 4.74 Å². The van der Waals surface area contributed by atoms with Gasteiger partial charge in [0.1, 0.15) is 5.82 Å². The molecule has 0 amide bonds. The molecule has 6 heteroatoms. The zero-order valence-corrected chi connectivity index (χ0v) is 12.8.